The van der Waals surface area contributed by atoms with Gasteiger partial charge in [-0.15, -0.1) is 0 Å². The smallest absolute Gasteiger partial charge is 0.246 e. The van der Waals surface area contributed by atoms with Crippen LogP contribution in [0.1, 0.15) is 49.1 Å². The Morgan fingerprint density at radius 3 is 2.55 bits per heavy atom. The standard InChI is InChI=1S/C23H30N2O4/c1-29-14-21(27)24-12-19-22(20(13-26)25(19)23(28)18-10-11-18)17-8-6-16(7-9-17)15-4-2-3-5-15/h4,6-9,18-20,22,26H,2-3,5,10-14H2,1H3,(H,24,27)/t19-,20-,22+/m0/s1. The number of aliphatic hydroxyl groups is 1. The Balaban J connectivity index is 1.53. The van der Waals surface area contributed by atoms with Crippen molar-refractivity contribution in [2.45, 2.75) is 50.1 Å². The Bertz CT molecular complexity index is 785. The summed E-state index contributed by atoms with van der Waals surface area (Å²) in [7, 11) is 1.48. The monoisotopic (exact) mass is 398 g/mol. The van der Waals surface area contributed by atoms with Gasteiger partial charge < -0.3 is 20.1 Å². The quantitative estimate of drug-likeness (QED) is 0.703. The molecule has 6 nitrogen and oxygen atoms in total. The molecule has 6 heteroatoms. The minimum Gasteiger partial charge on any atom is -0.394 e. The molecule has 0 spiro atoms. The predicted octanol–water partition coefficient (Wildman–Crippen LogP) is 2.08. The van der Waals surface area contributed by atoms with Crippen LogP contribution in [-0.4, -0.2) is 60.8 Å². The first-order valence-electron chi connectivity index (χ1n) is 10.6. The summed E-state index contributed by atoms with van der Waals surface area (Å²) in [5.41, 5.74) is 3.76. The highest BCUT2D eigenvalue weighted by Crippen LogP contribution is 2.44. The third-order valence-electron chi connectivity index (χ3n) is 6.40. The molecule has 2 aliphatic carbocycles. The molecule has 1 heterocycles. The van der Waals surface area contributed by atoms with Crippen LogP contribution in [-0.2, 0) is 14.3 Å². The van der Waals surface area contributed by atoms with E-state index in [2.05, 4.69) is 35.7 Å². The Kier molecular flexibility index (Phi) is 6.01. The number of hydrogen-bond donors (Lipinski definition) is 2. The Morgan fingerprint density at radius 2 is 1.97 bits per heavy atom. The molecule has 3 aliphatic rings. The van der Waals surface area contributed by atoms with Crippen molar-refractivity contribution >= 4 is 17.4 Å². The molecule has 156 valence electrons. The summed E-state index contributed by atoms with van der Waals surface area (Å²) >= 11 is 0. The zero-order chi connectivity index (χ0) is 20.4. The summed E-state index contributed by atoms with van der Waals surface area (Å²) in [6.45, 7) is 0.300. The van der Waals surface area contributed by atoms with Gasteiger partial charge in [0.05, 0.1) is 18.7 Å². The number of benzene rings is 1. The summed E-state index contributed by atoms with van der Waals surface area (Å²) in [6.07, 6.45) is 7.63. The number of likely N-dealkylation sites (tertiary alicyclic amines) is 1. The second kappa shape index (κ2) is 8.67. The van der Waals surface area contributed by atoms with Gasteiger partial charge in [0.1, 0.15) is 6.61 Å². The van der Waals surface area contributed by atoms with Crippen molar-refractivity contribution in [3.63, 3.8) is 0 Å². The van der Waals surface area contributed by atoms with Crippen molar-refractivity contribution in [3.05, 3.63) is 41.5 Å². The molecule has 2 fully saturated rings. The molecule has 0 unspecified atom stereocenters. The second-order valence-electron chi connectivity index (χ2n) is 8.34. The van der Waals surface area contributed by atoms with E-state index in [1.54, 1.807) is 0 Å². The van der Waals surface area contributed by atoms with Crippen LogP contribution in [0.4, 0.5) is 0 Å². The van der Waals surface area contributed by atoms with Gasteiger partial charge in [-0.3, -0.25) is 9.59 Å². The topological polar surface area (TPSA) is 78.9 Å². The lowest BCUT2D eigenvalue weighted by Crippen LogP contribution is -2.69. The first kappa shape index (κ1) is 20.1. The van der Waals surface area contributed by atoms with E-state index in [1.807, 2.05) is 4.90 Å². The molecule has 3 atom stereocenters. The van der Waals surface area contributed by atoms with E-state index in [4.69, 9.17) is 4.74 Å². The molecule has 2 amide bonds. The third kappa shape index (κ3) is 4.09. The fourth-order valence-corrected chi connectivity index (χ4v) is 4.74. The maximum atomic E-state index is 12.8. The minimum absolute atomic E-state index is 0.00119. The Hall–Kier alpha value is -2.18. The number of ether oxygens (including phenoxy) is 1. The molecule has 1 aliphatic heterocycles. The number of hydrogen-bond acceptors (Lipinski definition) is 4. The van der Waals surface area contributed by atoms with Crippen molar-refractivity contribution < 1.29 is 19.4 Å². The normalized spacial score (nSPS) is 26.1. The molecule has 1 aromatic carbocycles. The van der Waals surface area contributed by atoms with Crippen LogP contribution in [0.3, 0.4) is 0 Å². The van der Waals surface area contributed by atoms with E-state index in [0.717, 1.165) is 31.2 Å². The van der Waals surface area contributed by atoms with E-state index >= 15 is 0 Å². The molecular formula is C23H30N2O4. The third-order valence-corrected chi connectivity index (χ3v) is 6.40. The van der Waals surface area contributed by atoms with E-state index in [-0.39, 0.29) is 48.9 Å². The number of rotatable bonds is 8. The summed E-state index contributed by atoms with van der Waals surface area (Å²) in [4.78, 5) is 26.5. The van der Waals surface area contributed by atoms with Gasteiger partial charge in [-0.1, -0.05) is 30.3 Å². The Labute approximate surface area is 171 Å². The summed E-state index contributed by atoms with van der Waals surface area (Å²) in [6, 6.07) is 8.15. The lowest BCUT2D eigenvalue weighted by Gasteiger charge is -2.55. The second-order valence-corrected chi connectivity index (χ2v) is 8.34. The van der Waals surface area contributed by atoms with Crippen LogP contribution in [0.2, 0.25) is 0 Å². The molecule has 1 aromatic rings. The van der Waals surface area contributed by atoms with Crippen LogP contribution >= 0.6 is 0 Å². The predicted molar refractivity (Wildman–Crippen MR) is 110 cm³/mol. The Morgan fingerprint density at radius 1 is 1.21 bits per heavy atom. The molecule has 1 saturated heterocycles. The van der Waals surface area contributed by atoms with Gasteiger partial charge in [0.2, 0.25) is 11.8 Å². The zero-order valence-electron chi connectivity index (χ0n) is 17.0. The molecule has 0 aromatic heterocycles. The van der Waals surface area contributed by atoms with Crippen LogP contribution in [0.5, 0.6) is 0 Å². The highest BCUT2D eigenvalue weighted by Gasteiger charge is 2.53. The average Bonchev–Trinajstić information content (AvgIpc) is 3.42. The maximum absolute atomic E-state index is 12.8. The van der Waals surface area contributed by atoms with Gasteiger partial charge >= 0.3 is 0 Å². The fraction of sp³-hybridized carbons (Fsp3) is 0.565. The molecule has 4 rings (SSSR count). The van der Waals surface area contributed by atoms with Crippen LogP contribution in [0.15, 0.2) is 30.3 Å². The minimum atomic E-state index is -0.232. The first-order chi connectivity index (χ1) is 14.1. The van der Waals surface area contributed by atoms with Crippen LogP contribution in [0.25, 0.3) is 5.57 Å². The average molecular weight is 399 g/mol. The number of nitrogens with zero attached hydrogens (tertiary/aromatic N) is 1. The summed E-state index contributed by atoms with van der Waals surface area (Å²) in [5, 5.41) is 12.9. The summed E-state index contributed by atoms with van der Waals surface area (Å²) in [5.74, 6) is 0.0102. The highest BCUT2D eigenvalue weighted by atomic mass is 16.5. The molecule has 29 heavy (non-hydrogen) atoms. The molecular weight excluding hydrogens is 368 g/mol. The number of carbonyl (C=O) groups is 2. The van der Waals surface area contributed by atoms with Gasteiger partial charge in [0.25, 0.3) is 0 Å². The molecule has 2 N–H and O–H groups in total. The van der Waals surface area contributed by atoms with E-state index in [1.165, 1.54) is 24.7 Å². The van der Waals surface area contributed by atoms with Gasteiger partial charge in [0, 0.05) is 25.5 Å². The lowest BCUT2D eigenvalue weighted by atomic mass is 9.74. The van der Waals surface area contributed by atoms with Gasteiger partial charge in [-0.25, -0.2) is 0 Å². The molecule has 0 radical (unpaired) electrons. The van der Waals surface area contributed by atoms with Crippen LogP contribution < -0.4 is 5.32 Å². The fourth-order valence-electron chi connectivity index (χ4n) is 4.74. The first-order valence-corrected chi connectivity index (χ1v) is 10.6. The molecule has 1 saturated carbocycles. The van der Waals surface area contributed by atoms with Crippen LogP contribution in [0, 0.1) is 5.92 Å². The number of nitrogens with one attached hydrogen (secondary N) is 1. The SMILES string of the molecule is COCC(=O)NC[C@H]1[C@@H](c2ccc(C3=CCCC3)cc2)[C@H](CO)N1C(=O)C1CC1. The van der Waals surface area contributed by atoms with E-state index in [9.17, 15) is 14.7 Å². The number of allylic oxidation sites excluding steroid dienone is 2. The zero-order valence-corrected chi connectivity index (χ0v) is 17.0. The van der Waals surface area contributed by atoms with Crippen molar-refractivity contribution in [1.29, 1.82) is 0 Å². The lowest BCUT2D eigenvalue weighted by molar-refractivity contribution is -0.152. The van der Waals surface area contributed by atoms with Crippen molar-refractivity contribution in [2.24, 2.45) is 5.92 Å². The van der Waals surface area contributed by atoms with Gasteiger partial charge in [-0.2, -0.15) is 0 Å². The maximum Gasteiger partial charge on any atom is 0.246 e. The number of amides is 2. The largest absolute Gasteiger partial charge is 0.394 e. The van der Waals surface area contributed by atoms with Gasteiger partial charge in [-0.05, 0) is 48.8 Å². The summed E-state index contributed by atoms with van der Waals surface area (Å²) < 4.78 is 4.89. The number of aliphatic hydroxyl groups excluding tert-OH is 1. The van der Waals surface area contributed by atoms with E-state index < -0.39 is 0 Å². The van der Waals surface area contributed by atoms with Crippen molar-refractivity contribution in [3.8, 4) is 0 Å². The van der Waals surface area contributed by atoms with Crippen molar-refractivity contribution in [2.75, 3.05) is 26.9 Å². The van der Waals surface area contributed by atoms with Crippen molar-refractivity contribution in [1.82, 2.24) is 10.2 Å². The van der Waals surface area contributed by atoms with E-state index in [0.29, 0.717) is 6.54 Å². The highest BCUT2D eigenvalue weighted by molar-refractivity contribution is 5.83. The number of methoxy groups -OCH3 is 1. The number of carbonyl (C=O) groups excluding carboxylic acids is 2. The van der Waals surface area contributed by atoms with Gasteiger partial charge in [0.15, 0.2) is 0 Å². The molecule has 0 bridgehead atoms.